The van der Waals surface area contributed by atoms with Crippen LogP contribution in [-0.2, 0) is 16.0 Å². The summed E-state index contributed by atoms with van der Waals surface area (Å²) in [4.78, 5) is 11.7. The standard InChI is InChI=1S/C17H14BClO4.H2/c1-3-21-17(20)14-6-4-13(9-16(14)19)23-12-5-7-15-11(8-12)10-22-18(15)2;/h3-9H,1,10H2,2H3;1H. The Bertz CT molecular complexity index is 781. The van der Waals surface area contributed by atoms with Gasteiger partial charge in [-0.2, -0.15) is 0 Å². The van der Waals surface area contributed by atoms with Crippen molar-refractivity contribution in [3.8, 4) is 11.5 Å². The molecular formula is C17H16BClO4. The summed E-state index contributed by atoms with van der Waals surface area (Å²) in [5.74, 6) is 0.677. The van der Waals surface area contributed by atoms with Gasteiger partial charge in [-0.25, -0.2) is 4.79 Å². The number of benzene rings is 2. The van der Waals surface area contributed by atoms with E-state index in [0.29, 0.717) is 18.1 Å². The lowest BCUT2D eigenvalue weighted by Crippen LogP contribution is -2.23. The molecule has 1 heterocycles. The third-order valence-corrected chi connectivity index (χ3v) is 3.94. The Balaban J connectivity index is 0.00000208. The molecule has 1 aliphatic rings. The van der Waals surface area contributed by atoms with Crippen molar-refractivity contribution in [1.82, 2.24) is 0 Å². The lowest BCUT2D eigenvalue weighted by atomic mass is 9.64. The summed E-state index contributed by atoms with van der Waals surface area (Å²) < 4.78 is 16.1. The smallest absolute Gasteiger partial charge is 0.344 e. The van der Waals surface area contributed by atoms with Gasteiger partial charge in [0.05, 0.1) is 23.5 Å². The van der Waals surface area contributed by atoms with E-state index in [1.165, 1.54) is 5.46 Å². The molecule has 2 aromatic rings. The van der Waals surface area contributed by atoms with Gasteiger partial charge in [-0.3, -0.25) is 0 Å². The highest BCUT2D eigenvalue weighted by Gasteiger charge is 2.23. The van der Waals surface area contributed by atoms with Crippen molar-refractivity contribution in [2.24, 2.45) is 0 Å². The summed E-state index contributed by atoms with van der Waals surface area (Å²) in [5, 5.41) is 0.257. The monoisotopic (exact) mass is 330 g/mol. The highest BCUT2D eigenvalue weighted by molar-refractivity contribution is 6.67. The first-order valence-corrected chi connectivity index (χ1v) is 7.50. The first-order chi connectivity index (χ1) is 11.1. The minimum atomic E-state index is -0.555. The zero-order valence-electron chi connectivity index (χ0n) is 12.5. The fourth-order valence-electron chi connectivity index (χ4n) is 2.47. The Hall–Kier alpha value is -2.24. The van der Waals surface area contributed by atoms with E-state index in [0.717, 1.165) is 11.8 Å². The van der Waals surface area contributed by atoms with Crippen molar-refractivity contribution in [3.63, 3.8) is 0 Å². The topological polar surface area (TPSA) is 44.8 Å². The molecule has 0 N–H and O–H groups in total. The molecule has 6 heteroatoms. The predicted molar refractivity (Wildman–Crippen MR) is 91.7 cm³/mol. The van der Waals surface area contributed by atoms with E-state index in [4.69, 9.17) is 25.7 Å². The second-order valence-corrected chi connectivity index (χ2v) is 5.54. The molecule has 0 unspecified atom stereocenters. The molecule has 0 bridgehead atoms. The van der Waals surface area contributed by atoms with E-state index in [1.54, 1.807) is 18.2 Å². The van der Waals surface area contributed by atoms with Crippen LogP contribution in [0.25, 0.3) is 0 Å². The number of esters is 1. The first kappa shape index (κ1) is 15.7. The van der Waals surface area contributed by atoms with Crippen LogP contribution in [0.5, 0.6) is 11.5 Å². The lowest BCUT2D eigenvalue weighted by Gasteiger charge is -2.09. The summed E-state index contributed by atoms with van der Waals surface area (Å²) in [6, 6.07) is 10.6. The molecule has 23 heavy (non-hydrogen) atoms. The summed E-state index contributed by atoms with van der Waals surface area (Å²) in [6.45, 7) is 6.06. The number of hydrogen-bond acceptors (Lipinski definition) is 4. The van der Waals surface area contributed by atoms with Crippen LogP contribution in [0.2, 0.25) is 11.8 Å². The average molecular weight is 331 g/mol. The van der Waals surface area contributed by atoms with Gasteiger partial charge in [-0.15, -0.1) is 0 Å². The molecule has 0 saturated heterocycles. The summed E-state index contributed by atoms with van der Waals surface area (Å²) in [7, 11) is 0. The van der Waals surface area contributed by atoms with Crippen molar-refractivity contribution in [2.45, 2.75) is 13.4 Å². The number of carbonyl (C=O) groups excluding carboxylic acids is 1. The highest BCUT2D eigenvalue weighted by Crippen LogP contribution is 2.28. The Kier molecular flexibility index (Phi) is 4.41. The molecule has 118 valence electrons. The van der Waals surface area contributed by atoms with Gasteiger partial charge >= 0.3 is 12.9 Å². The van der Waals surface area contributed by atoms with Gasteiger partial charge in [0.15, 0.2) is 0 Å². The quantitative estimate of drug-likeness (QED) is 0.482. The number of halogens is 1. The minimum Gasteiger partial charge on any atom is -0.457 e. The Morgan fingerprint density at radius 1 is 1.35 bits per heavy atom. The second kappa shape index (κ2) is 6.48. The van der Waals surface area contributed by atoms with E-state index in [-0.39, 0.29) is 18.9 Å². The van der Waals surface area contributed by atoms with Gasteiger partial charge in [-0.05, 0) is 35.3 Å². The van der Waals surface area contributed by atoms with E-state index in [9.17, 15) is 4.79 Å². The highest BCUT2D eigenvalue weighted by atomic mass is 35.5. The van der Waals surface area contributed by atoms with Gasteiger partial charge in [0.1, 0.15) is 11.5 Å². The van der Waals surface area contributed by atoms with E-state index < -0.39 is 5.97 Å². The van der Waals surface area contributed by atoms with E-state index >= 15 is 0 Å². The molecular weight excluding hydrogens is 314 g/mol. The molecule has 4 nitrogen and oxygen atoms in total. The van der Waals surface area contributed by atoms with Crippen LogP contribution < -0.4 is 10.2 Å². The molecule has 0 radical (unpaired) electrons. The van der Waals surface area contributed by atoms with Gasteiger partial charge in [0.2, 0.25) is 0 Å². The maximum atomic E-state index is 11.7. The van der Waals surface area contributed by atoms with Crippen molar-refractivity contribution in [1.29, 1.82) is 0 Å². The fraction of sp³-hybridized carbons (Fsp3) is 0.118. The third kappa shape index (κ3) is 3.26. The minimum absolute atomic E-state index is 0. The zero-order chi connectivity index (χ0) is 16.4. The van der Waals surface area contributed by atoms with Gasteiger partial charge in [0.25, 0.3) is 0 Å². The summed E-state index contributed by atoms with van der Waals surface area (Å²) in [5.41, 5.74) is 2.56. The van der Waals surface area contributed by atoms with Crippen LogP contribution in [0.3, 0.4) is 0 Å². The van der Waals surface area contributed by atoms with Crippen LogP contribution in [0.1, 0.15) is 17.3 Å². The normalized spacial score (nSPS) is 12.7. The average Bonchev–Trinajstić information content (AvgIpc) is 2.88. The maximum Gasteiger partial charge on any atom is 0.344 e. The molecule has 3 rings (SSSR count). The van der Waals surface area contributed by atoms with Crippen LogP contribution in [-0.4, -0.2) is 12.9 Å². The van der Waals surface area contributed by atoms with Crippen LogP contribution >= 0.6 is 11.6 Å². The van der Waals surface area contributed by atoms with Gasteiger partial charge in [-0.1, -0.05) is 31.1 Å². The third-order valence-electron chi connectivity index (χ3n) is 3.63. The molecule has 0 atom stereocenters. The number of fused-ring (bicyclic) bond motifs is 1. The molecule has 0 spiro atoms. The van der Waals surface area contributed by atoms with E-state index in [2.05, 4.69) is 6.58 Å². The van der Waals surface area contributed by atoms with Crippen LogP contribution in [0.4, 0.5) is 0 Å². The Labute approximate surface area is 141 Å². The van der Waals surface area contributed by atoms with Crippen LogP contribution in [0, 0.1) is 0 Å². The number of rotatable bonds is 4. The Morgan fingerprint density at radius 2 is 2.09 bits per heavy atom. The SMILES string of the molecule is C=COC(=O)c1ccc(Oc2ccc3c(c2)COB3C)cc1Cl.[HH]. The van der Waals surface area contributed by atoms with Crippen LogP contribution in [0.15, 0.2) is 49.2 Å². The zero-order valence-corrected chi connectivity index (χ0v) is 13.3. The predicted octanol–water partition coefficient (Wildman–Crippen LogP) is 4.04. The molecule has 0 amide bonds. The molecule has 0 saturated carbocycles. The summed E-state index contributed by atoms with van der Waals surface area (Å²) >= 11 is 6.10. The number of hydrogen-bond donors (Lipinski definition) is 0. The van der Waals surface area contributed by atoms with Gasteiger partial charge < -0.3 is 14.1 Å². The largest absolute Gasteiger partial charge is 0.457 e. The Morgan fingerprint density at radius 3 is 2.83 bits per heavy atom. The van der Waals surface area contributed by atoms with E-state index in [1.807, 2.05) is 25.0 Å². The summed E-state index contributed by atoms with van der Waals surface area (Å²) in [6.07, 6.45) is 1.07. The van der Waals surface area contributed by atoms with Crippen molar-refractivity contribution in [2.75, 3.05) is 0 Å². The van der Waals surface area contributed by atoms with Crippen molar-refractivity contribution < 1.29 is 20.3 Å². The molecule has 2 aromatic carbocycles. The maximum absolute atomic E-state index is 11.7. The molecule has 0 fully saturated rings. The lowest BCUT2D eigenvalue weighted by molar-refractivity contribution is 0.0664. The number of carbonyl (C=O) groups is 1. The molecule has 0 aliphatic carbocycles. The molecule has 1 aliphatic heterocycles. The first-order valence-electron chi connectivity index (χ1n) is 7.12. The number of ether oxygens (including phenoxy) is 2. The van der Waals surface area contributed by atoms with Crippen molar-refractivity contribution in [3.05, 3.63) is 65.4 Å². The fourth-order valence-corrected chi connectivity index (χ4v) is 2.72. The molecule has 0 aromatic heterocycles. The van der Waals surface area contributed by atoms with Gasteiger partial charge in [0, 0.05) is 7.49 Å². The van der Waals surface area contributed by atoms with Crippen molar-refractivity contribution >= 4 is 29.9 Å². The second-order valence-electron chi connectivity index (χ2n) is 5.13.